The number of amides is 1. The number of carboxylic acid groups (broad SMARTS) is 1. The highest BCUT2D eigenvalue weighted by Gasteiger charge is 2.49. The number of thioether (sulfide) groups is 2. The van der Waals surface area contributed by atoms with Gasteiger partial charge < -0.3 is 20.3 Å². The van der Waals surface area contributed by atoms with Crippen molar-refractivity contribution in [3.05, 3.63) is 0 Å². The molecule has 2 atom stereocenters. The minimum Gasteiger partial charge on any atom is -0.480 e. The van der Waals surface area contributed by atoms with Crippen molar-refractivity contribution in [3.8, 4) is 0 Å². The Morgan fingerprint density at radius 3 is 2.33 bits per heavy atom. The van der Waals surface area contributed by atoms with Gasteiger partial charge in [-0.3, -0.25) is 9.69 Å². The molecular weight excluding hydrogens is 392 g/mol. The molecule has 1 aliphatic heterocycles. The monoisotopic (exact) mass is 424 g/mol. The fraction of sp³-hybridized carbons (Fsp3) is 0.824. The average molecular weight is 425 g/mol. The maximum atomic E-state index is 12.1. The van der Waals surface area contributed by atoms with Crippen LogP contribution in [-0.2, 0) is 19.1 Å². The van der Waals surface area contributed by atoms with E-state index in [-0.39, 0.29) is 4.75 Å². The van der Waals surface area contributed by atoms with Crippen molar-refractivity contribution in [3.63, 3.8) is 0 Å². The summed E-state index contributed by atoms with van der Waals surface area (Å²) in [5.74, 6) is -0.0743. The van der Waals surface area contributed by atoms with Crippen molar-refractivity contribution >= 4 is 41.6 Å². The van der Waals surface area contributed by atoms with Gasteiger partial charge in [-0.25, -0.2) is 9.59 Å². The molecule has 8 nitrogen and oxygen atoms in total. The van der Waals surface area contributed by atoms with Gasteiger partial charge in [0.15, 0.2) is 0 Å². The molecule has 0 saturated carbocycles. The highest BCUT2D eigenvalue weighted by molar-refractivity contribution is 8.00. The van der Waals surface area contributed by atoms with Crippen LogP contribution in [0.5, 0.6) is 0 Å². The predicted octanol–water partition coefficient (Wildman–Crippen LogP) is 2.40. The van der Waals surface area contributed by atoms with Gasteiger partial charge in [-0.1, -0.05) is 0 Å². The smallest absolute Gasteiger partial charge is 0.411 e. The number of methoxy groups -OCH3 is 1. The van der Waals surface area contributed by atoms with E-state index in [1.54, 1.807) is 32.5 Å². The molecule has 1 aliphatic rings. The lowest BCUT2D eigenvalue weighted by atomic mass is 10.0. The quantitative estimate of drug-likeness (QED) is 0.641. The minimum absolute atomic E-state index is 0.371. The third-order valence-corrected chi connectivity index (χ3v) is 5.57. The van der Waals surface area contributed by atoms with Crippen LogP contribution in [-0.4, -0.2) is 75.5 Å². The number of nitrogens with two attached hydrogens (primary N) is 1. The summed E-state index contributed by atoms with van der Waals surface area (Å²) in [6.07, 6.45) is 2.00. The van der Waals surface area contributed by atoms with E-state index >= 15 is 0 Å². The van der Waals surface area contributed by atoms with E-state index in [1.807, 2.05) is 20.1 Å². The Bertz CT molecular complexity index is 522. The van der Waals surface area contributed by atoms with Crippen molar-refractivity contribution in [2.45, 2.75) is 63.5 Å². The third-order valence-electron chi connectivity index (χ3n) is 3.55. The van der Waals surface area contributed by atoms with Gasteiger partial charge in [0.1, 0.15) is 17.7 Å². The molecule has 1 rings (SSSR count). The lowest BCUT2D eigenvalue weighted by molar-refractivity contribution is -0.147. The maximum Gasteiger partial charge on any atom is 0.411 e. The van der Waals surface area contributed by atoms with Crippen molar-refractivity contribution < 1.29 is 29.0 Å². The van der Waals surface area contributed by atoms with Crippen LogP contribution in [0.15, 0.2) is 0 Å². The molecule has 1 fully saturated rings. The Balaban J connectivity index is 0.000000636. The molecule has 0 spiro atoms. The van der Waals surface area contributed by atoms with Crippen molar-refractivity contribution in [2.75, 3.05) is 25.0 Å². The van der Waals surface area contributed by atoms with Crippen LogP contribution in [0.2, 0.25) is 0 Å². The van der Waals surface area contributed by atoms with Gasteiger partial charge in [-0.15, -0.1) is 11.8 Å². The molecule has 0 radical (unpaired) electrons. The second-order valence-electron chi connectivity index (χ2n) is 7.48. The molecule has 3 N–H and O–H groups in total. The Hall–Kier alpha value is -1.13. The number of ether oxygens (including phenoxy) is 2. The van der Waals surface area contributed by atoms with E-state index in [9.17, 15) is 14.4 Å². The van der Waals surface area contributed by atoms with Gasteiger partial charge in [-0.2, -0.15) is 11.8 Å². The van der Waals surface area contributed by atoms with Crippen LogP contribution in [0.25, 0.3) is 0 Å². The second kappa shape index (κ2) is 11.0. The normalized spacial score (nSPS) is 19.6. The highest BCUT2D eigenvalue weighted by Crippen LogP contribution is 2.40. The molecule has 0 aliphatic carbocycles. The van der Waals surface area contributed by atoms with E-state index in [4.69, 9.17) is 20.3 Å². The van der Waals surface area contributed by atoms with E-state index in [0.717, 1.165) is 5.75 Å². The lowest BCUT2D eigenvalue weighted by Crippen LogP contribution is -2.50. The number of carboxylic acids is 1. The molecule has 1 saturated heterocycles. The molecule has 1 amide bonds. The fourth-order valence-electron chi connectivity index (χ4n) is 2.13. The highest BCUT2D eigenvalue weighted by atomic mass is 32.2. The minimum atomic E-state index is -0.913. The molecule has 1 heterocycles. The van der Waals surface area contributed by atoms with E-state index in [2.05, 4.69) is 0 Å². The van der Waals surface area contributed by atoms with Crippen molar-refractivity contribution in [2.24, 2.45) is 5.73 Å². The van der Waals surface area contributed by atoms with Crippen LogP contribution in [0.1, 0.15) is 41.0 Å². The van der Waals surface area contributed by atoms with Gasteiger partial charge in [0.25, 0.3) is 0 Å². The predicted molar refractivity (Wildman–Crippen MR) is 109 cm³/mol. The standard InChI is InChI=1S/C12H21NO4S.C5H11NO2S/c1-11(2,3)17-10(15)13-7-18-12(4,5)8(13)9(14)16-6;1-9-3-2-4(6)5(7)8/h8H,7H2,1-6H3;4H,2-3,6H2,1H3,(H,7,8)/t;4-/m.0/s1. The molecule has 1 unspecified atom stereocenters. The van der Waals surface area contributed by atoms with Crippen LogP contribution >= 0.6 is 23.5 Å². The first kappa shape index (κ1) is 25.9. The molecule has 0 aromatic carbocycles. The molecule has 27 heavy (non-hydrogen) atoms. The van der Waals surface area contributed by atoms with Gasteiger partial charge in [0.2, 0.25) is 0 Å². The van der Waals surface area contributed by atoms with E-state index in [1.165, 1.54) is 23.8 Å². The van der Waals surface area contributed by atoms with Crippen molar-refractivity contribution in [1.29, 1.82) is 0 Å². The molecule has 158 valence electrons. The number of esters is 1. The maximum absolute atomic E-state index is 12.1. The summed E-state index contributed by atoms with van der Waals surface area (Å²) in [6, 6.07) is -1.29. The van der Waals surface area contributed by atoms with Gasteiger partial charge in [-0.05, 0) is 53.0 Å². The number of hydrogen-bond donors (Lipinski definition) is 2. The number of carbonyl (C=O) groups is 3. The Labute approximate surface area is 169 Å². The second-order valence-corrected chi connectivity index (χ2v) is 10.1. The van der Waals surface area contributed by atoms with Gasteiger partial charge in [0.05, 0.1) is 13.0 Å². The summed E-state index contributed by atoms with van der Waals surface area (Å²) in [7, 11) is 1.33. The first-order chi connectivity index (χ1) is 12.3. The topological polar surface area (TPSA) is 119 Å². The van der Waals surface area contributed by atoms with E-state index in [0.29, 0.717) is 12.3 Å². The van der Waals surface area contributed by atoms with E-state index < -0.39 is 35.7 Å². The molecule has 10 heteroatoms. The molecule has 0 aromatic rings. The van der Waals surface area contributed by atoms with Crippen LogP contribution in [0, 0.1) is 0 Å². The number of rotatable bonds is 5. The van der Waals surface area contributed by atoms with Crippen LogP contribution < -0.4 is 5.73 Å². The van der Waals surface area contributed by atoms with Crippen LogP contribution in [0.3, 0.4) is 0 Å². The Morgan fingerprint density at radius 2 is 1.93 bits per heavy atom. The van der Waals surface area contributed by atoms with Gasteiger partial charge in [0, 0.05) is 4.75 Å². The zero-order valence-electron chi connectivity index (χ0n) is 17.1. The fourth-order valence-corrected chi connectivity index (χ4v) is 3.73. The molecular formula is C17H32N2O6S2. The summed E-state index contributed by atoms with van der Waals surface area (Å²) >= 11 is 3.14. The summed E-state index contributed by atoms with van der Waals surface area (Å²) in [6.45, 7) is 9.23. The number of aliphatic carboxylic acids is 1. The third kappa shape index (κ3) is 9.07. The molecule has 0 aromatic heterocycles. The summed E-state index contributed by atoms with van der Waals surface area (Å²) < 4.78 is 9.71. The summed E-state index contributed by atoms with van der Waals surface area (Å²) in [5.41, 5.74) is 4.62. The first-order valence-electron chi connectivity index (χ1n) is 8.45. The Morgan fingerprint density at radius 1 is 1.37 bits per heavy atom. The Kier molecular flexibility index (Phi) is 10.6. The van der Waals surface area contributed by atoms with Crippen molar-refractivity contribution in [1.82, 2.24) is 4.90 Å². The number of carbonyl (C=O) groups excluding carboxylic acids is 2. The first-order valence-corrected chi connectivity index (χ1v) is 10.8. The number of hydrogen-bond acceptors (Lipinski definition) is 8. The molecule has 0 bridgehead atoms. The SMILES string of the molecule is COC(=O)C1N(C(=O)OC(C)(C)C)CSC1(C)C.CSCC[C@H](N)C(=O)O. The van der Waals surface area contributed by atoms with Crippen LogP contribution in [0.4, 0.5) is 4.79 Å². The van der Waals surface area contributed by atoms with Gasteiger partial charge >= 0.3 is 18.0 Å². The lowest BCUT2D eigenvalue weighted by Gasteiger charge is -2.30. The largest absolute Gasteiger partial charge is 0.480 e. The summed E-state index contributed by atoms with van der Waals surface area (Å²) in [4.78, 5) is 35.4. The zero-order chi connectivity index (χ0) is 21.4. The summed E-state index contributed by atoms with van der Waals surface area (Å²) in [5, 5.41) is 8.27. The number of nitrogens with zero attached hydrogens (tertiary/aromatic N) is 1. The zero-order valence-corrected chi connectivity index (χ0v) is 18.7. The average Bonchev–Trinajstić information content (AvgIpc) is 2.86.